The Morgan fingerprint density at radius 1 is 1.55 bits per heavy atom. The molecular weight excluding hydrogens is 320 g/mol. The molecule has 0 saturated carbocycles. The number of nitrogens with zero attached hydrogens (tertiary/aromatic N) is 1. The van der Waals surface area contributed by atoms with Crippen LogP contribution in [0.25, 0.3) is 0 Å². The third-order valence-electron chi connectivity index (χ3n) is 4.27. The highest BCUT2D eigenvalue weighted by Gasteiger charge is 2.26. The van der Waals surface area contributed by atoms with Crippen LogP contribution in [0.2, 0.25) is 0 Å². The molecule has 1 saturated heterocycles. The van der Waals surface area contributed by atoms with Crippen LogP contribution >= 0.6 is 11.3 Å². The fourth-order valence-electron chi connectivity index (χ4n) is 2.94. The van der Waals surface area contributed by atoms with Crippen LogP contribution in [0.5, 0.6) is 0 Å². The number of hydrogen-bond acceptors (Lipinski definition) is 6. The molecule has 2 N–H and O–H groups in total. The van der Waals surface area contributed by atoms with Crippen LogP contribution in [-0.2, 0) is 9.84 Å². The van der Waals surface area contributed by atoms with Crippen LogP contribution in [0.4, 0.5) is 0 Å². The van der Waals surface area contributed by atoms with Crippen molar-refractivity contribution in [2.75, 3.05) is 31.9 Å². The summed E-state index contributed by atoms with van der Waals surface area (Å²) in [4.78, 5) is 2.42. The van der Waals surface area contributed by atoms with Gasteiger partial charge in [-0.15, -0.1) is 11.3 Å². The van der Waals surface area contributed by atoms with Crippen LogP contribution in [0.15, 0.2) is 21.7 Å². The van der Waals surface area contributed by atoms with Crippen molar-refractivity contribution in [2.45, 2.75) is 36.6 Å². The number of aliphatic hydroxyl groups is 1. The van der Waals surface area contributed by atoms with Gasteiger partial charge in [0.1, 0.15) is 4.21 Å². The average Bonchev–Trinajstić information content (AvgIpc) is 3.00. The van der Waals surface area contributed by atoms with Gasteiger partial charge in [0.2, 0.25) is 0 Å². The highest BCUT2D eigenvalue weighted by Crippen LogP contribution is 2.19. The van der Waals surface area contributed by atoms with Gasteiger partial charge in [0, 0.05) is 19.1 Å². The summed E-state index contributed by atoms with van der Waals surface area (Å²) in [5.74, 6) is 0.290. The van der Waals surface area contributed by atoms with E-state index in [1.54, 1.807) is 17.5 Å². The summed E-state index contributed by atoms with van der Waals surface area (Å²) >= 11 is 1.20. The van der Waals surface area contributed by atoms with Gasteiger partial charge in [-0.1, -0.05) is 19.9 Å². The molecule has 7 heteroatoms. The Morgan fingerprint density at radius 2 is 2.32 bits per heavy atom. The lowest BCUT2D eigenvalue weighted by atomic mass is 9.94. The second-order valence-corrected chi connectivity index (χ2v) is 9.25. The molecule has 0 radical (unpaired) electrons. The molecule has 3 unspecified atom stereocenters. The monoisotopic (exact) mass is 346 g/mol. The first-order valence-corrected chi connectivity index (χ1v) is 10.4. The predicted molar refractivity (Wildman–Crippen MR) is 90.1 cm³/mol. The molecule has 2 rings (SSSR count). The first-order valence-electron chi connectivity index (χ1n) is 7.82. The zero-order valence-corrected chi connectivity index (χ0v) is 14.9. The van der Waals surface area contributed by atoms with E-state index in [9.17, 15) is 13.5 Å². The molecule has 22 heavy (non-hydrogen) atoms. The summed E-state index contributed by atoms with van der Waals surface area (Å²) in [6.07, 6.45) is 0.169. The number of thiophene rings is 1. The summed E-state index contributed by atoms with van der Waals surface area (Å²) in [7, 11) is -3.38. The van der Waals surface area contributed by atoms with E-state index in [0.29, 0.717) is 22.7 Å². The molecule has 3 atom stereocenters. The SMILES string of the molecule is CCN1CCC(NCC(O)CS(=O)(=O)c2cccs2)C(C)C1. The molecule has 5 nitrogen and oxygen atoms in total. The second kappa shape index (κ2) is 7.88. The predicted octanol–water partition coefficient (Wildman–Crippen LogP) is 1.20. The number of nitrogens with one attached hydrogen (secondary N) is 1. The molecule has 0 bridgehead atoms. The van der Waals surface area contributed by atoms with Gasteiger partial charge in [-0.3, -0.25) is 0 Å². The van der Waals surface area contributed by atoms with Crippen molar-refractivity contribution in [3.05, 3.63) is 17.5 Å². The average molecular weight is 347 g/mol. The van der Waals surface area contributed by atoms with E-state index in [1.165, 1.54) is 11.3 Å². The topological polar surface area (TPSA) is 69.6 Å². The first kappa shape index (κ1) is 17.9. The van der Waals surface area contributed by atoms with Crippen molar-refractivity contribution in [2.24, 2.45) is 5.92 Å². The molecular formula is C15H26N2O3S2. The van der Waals surface area contributed by atoms with Crippen LogP contribution in [0.3, 0.4) is 0 Å². The molecule has 2 heterocycles. The van der Waals surface area contributed by atoms with E-state index in [1.807, 2.05) is 0 Å². The fourth-order valence-corrected chi connectivity index (χ4v) is 5.42. The largest absolute Gasteiger partial charge is 0.391 e. The van der Waals surface area contributed by atoms with Gasteiger partial charge in [-0.25, -0.2) is 8.42 Å². The van der Waals surface area contributed by atoms with E-state index >= 15 is 0 Å². The summed E-state index contributed by atoms with van der Waals surface area (Å²) in [5.41, 5.74) is 0. The third-order valence-corrected chi connectivity index (χ3v) is 7.55. The van der Waals surface area contributed by atoms with Crippen molar-refractivity contribution in [3.8, 4) is 0 Å². The molecule has 1 aromatic heterocycles. The Hall–Kier alpha value is -0.470. The van der Waals surface area contributed by atoms with Crippen LogP contribution < -0.4 is 5.32 Å². The van der Waals surface area contributed by atoms with Gasteiger partial charge in [-0.05, 0) is 36.9 Å². The summed E-state index contributed by atoms with van der Waals surface area (Å²) < 4.78 is 24.6. The van der Waals surface area contributed by atoms with Gasteiger partial charge in [0.15, 0.2) is 9.84 Å². The van der Waals surface area contributed by atoms with Crippen LogP contribution in [0, 0.1) is 5.92 Å². The minimum atomic E-state index is -3.38. The number of sulfone groups is 1. The number of likely N-dealkylation sites (tertiary alicyclic amines) is 1. The minimum absolute atomic E-state index is 0.220. The van der Waals surface area contributed by atoms with Gasteiger partial charge >= 0.3 is 0 Å². The van der Waals surface area contributed by atoms with Gasteiger partial charge in [0.05, 0.1) is 11.9 Å². The molecule has 1 fully saturated rings. The van der Waals surface area contributed by atoms with Gasteiger partial charge in [-0.2, -0.15) is 0 Å². The highest BCUT2D eigenvalue weighted by atomic mass is 32.2. The minimum Gasteiger partial charge on any atom is -0.391 e. The van der Waals surface area contributed by atoms with Crippen molar-refractivity contribution in [3.63, 3.8) is 0 Å². The van der Waals surface area contributed by atoms with Crippen molar-refractivity contribution < 1.29 is 13.5 Å². The molecule has 1 aliphatic rings. The lowest BCUT2D eigenvalue weighted by Crippen LogP contribution is -2.50. The zero-order valence-electron chi connectivity index (χ0n) is 13.2. The third kappa shape index (κ3) is 4.76. The molecule has 0 aromatic carbocycles. The Kier molecular flexibility index (Phi) is 6.40. The lowest BCUT2D eigenvalue weighted by Gasteiger charge is -2.37. The molecule has 0 spiro atoms. The molecule has 1 aliphatic heterocycles. The van der Waals surface area contributed by atoms with Crippen molar-refractivity contribution >= 4 is 21.2 Å². The number of hydrogen-bond donors (Lipinski definition) is 2. The standard InChI is InChI=1S/C15H26N2O3S2/c1-3-17-7-6-14(12(2)10-17)16-9-13(18)11-22(19,20)15-5-4-8-21-15/h4-5,8,12-14,16,18H,3,6-7,9-11H2,1-2H3. The Labute approximate surface area is 137 Å². The number of piperidine rings is 1. The second-order valence-electron chi connectivity index (χ2n) is 6.04. The van der Waals surface area contributed by atoms with E-state index in [2.05, 4.69) is 24.1 Å². The summed E-state index contributed by atoms with van der Waals surface area (Å²) in [6.45, 7) is 7.87. The van der Waals surface area contributed by atoms with E-state index in [-0.39, 0.29) is 5.75 Å². The number of rotatable bonds is 7. The summed E-state index contributed by atoms with van der Waals surface area (Å²) in [5, 5.41) is 15.1. The smallest absolute Gasteiger partial charge is 0.190 e. The normalized spacial score (nSPS) is 25.2. The van der Waals surface area contributed by atoms with E-state index < -0.39 is 15.9 Å². The number of aliphatic hydroxyl groups excluding tert-OH is 1. The van der Waals surface area contributed by atoms with Gasteiger partial charge < -0.3 is 15.3 Å². The Bertz CT molecular complexity index is 545. The zero-order chi connectivity index (χ0) is 16.2. The molecule has 126 valence electrons. The molecule has 0 amide bonds. The lowest BCUT2D eigenvalue weighted by molar-refractivity contribution is 0.134. The van der Waals surface area contributed by atoms with Gasteiger partial charge in [0.25, 0.3) is 0 Å². The van der Waals surface area contributed by atoms with E-state index in [4.69, 9.17) is 0 Å². The van der Waals surface area contributed by atoms with Crippen molar-refractivity contribution in [1.82, 2.24) is 10.2 Å². The maximum atomic E-state index is 12.1. The molecule has 0 aliphatic carbocycles. The van der Waals surface area contributed by atoms with Crippen molar-refractivity contribution in [1.29, 1.82) is 0 Å². The highest BCUT2D eigenvalue weighted by molar-refractivity contribution is 7.93. The quantitative estimate of drug-likeness (QED) is 0.776. The summed E-state index contributed by atoms with van der Waals surface area (Å²) in [6, 6.07) is 3.65. The fraction of sp³-hybridized carbons (Fsp3) is 0.733. The van der Waals surface area contributed by atoms with Crippen LogP contribution in [-0.4, -0.2) is 62.5 Å². The van der Waals surface area contributed by atoms with Crippen LogP contribution in [0.1, 0.15) is 20.3 Å². The molecule has 1 aromatic rings. The Balaban J connectivity index is 1.80. The Morgan fingerprint density at radius 3 is 2.91 bits per heavy atom. The van der Waals surface area contributed by atoms with E-state index in [0.717, 1.165) is 26.1 Å². The maximum Gasteiger partial charge on any atom is 0.190 e. The maximum absolute atomic E-state index is 12.1. The first-order chi connectivity index (χ1) is 10.4.